The van der Waals surface area contributed by atoms with Crippen molar-refractivity contribution in [1.82, 2.24) is 0 Å². The Kier molecular flexibility index (Phi) is 30.2. The second-order valence-electron chi connectivity index (χ2n) is 6.79. The normalized spacial score (nSPS) is 9.06. The fourth-order valence-electron chi connectivity index (χ4n) is 3.50. The zero-order valence-corrected chi connectivity index (χ0v) is 27.1. The van der Waals surface area contributed by atoms with E-state index in [1.165, 1.54) is 45.5 Å². The van der Waals surface area contributed by atoms with E-state index in [1.807, 2.05) is 0 Å². The first-order valence-corrected chi connectivity index (χ1v) is 17.8. The Morgan fingerprint density at radius 1 is 0.788 bits per heavy atom. The monoisotopic (exact) mass is 590 g/mol. The number of benzene rings is 2. The summed E-state index contributed by atoms with van der Waals surface area (Å²) in [4.78, 5) is 0. The molecule has 0 heterocycles. The van der Waals surface area contributed by atoms with E-state index in [1.54, 1.807) is 0 Å². The Balaban J connectivity index is -0.000000125. The molecule has 0 nitrogen and oxygen atoms in total. The molecule has 5 heteroatoms. The first-order chi connectivity index (χ1) is 13.1. The van der Waals surface area contributed by atoms with Crippen molar-refractivity contribution in [3.8, 4) is 0 Å². The molecule has 4 aromatic carbocycles. The van der Waals surface area contributed by atoms with Crippen LogP contribution in [0, 0.1) is 36.6 Å². The summed E-state index contributed by atoms with van der Waals surface area (Å²) in [6, 6.07) is 25.9. The maximum absolute atomic E-state index is 3.27. The standard InChI is InChI=1S/C14H17.C10H9.4CH3.2ClH.2Si.Zr/c1-3-6-11(2)13-10-9-12-7-4-5-8-14(12)13;1-8-6-7-9-4-2-3-5-10(8)9;;;;;;;;;/h4-5,7-11H,3,6H2,1-2H3;2-7H,1H3;4*1H3;2*1H;;;/q6*-1;;;;;/p-2. The Morgan fingerprint density at radius 2 is 1.21 bits per heavy atom. The minimum absolute atomic E-state index is 0. The fourth-order valence-corrected chi connectivity index (χ4v) is 3.50. The molecule has 0 fully saturated rings. The van der Waals surface area contributed by atoms with Crippen LogP contribution in [0.25, 0.3) is 21.5 Å². The van der Waals surface area contributed by atoms with E-state index in [2.05, 4.69) is 107 Å². The molecule has 0 aliphatic carbocycles. The van der Waals surface area contributed by atoms with Gasteiger partial charge in [-0.05, 0) is 0 Å². The van der Waals surface area contributed by atoms with Crippen LogP contribution in [0.15, 0.2) is 72.8 Å². The van der Waals surface area contributed by atoms with Crippen LogP contribution >= 0.6 is 0 Å². The number of rotatable bonds is 3. The maximum atomic E-state index is 3.27. The van der Waals surface area contributed by atoms with Crippen molar-refractivity contribution in [2.24, 2.45) is 0 Å². The molecule has 4 rings (SSSR count). The van der Waals surface area contributed by atoms with Crippen molar-refractivity contribution in [1.29, 1.82) is 0 Å². The number of fused-ring (bicyclic) bond motifs is 2. The van der Waals surface area contributed by atoms with Crippen molar-refractivity contribution in [3.63, 3.8) is 0 Å². The topological polar surface area (TPSA) is 0 Å². The van der Waals surface area contributed by atoms with Crippen molar-refractivity contribution >= 4 is 35.3 Å². The average Bonchev–Trinajstić information content (AvgIpc) is 3.28. The Labute approximate surface area is 232 Å². The minimum atomic E-state index is -0.159. The Hall–Kier alpha value is -0.443. The molecule has 1 unspecified atom stereocenters. The fraction of sp³-hybridized carbons (Fsp3) is 0.214. The van der Waals surface area contributed by atoms with Gasteiger partial charge in [-0.1, -0.05) is 51.7 Å². The van der Waals surface area contributed by atoms with E-state index in [-0.39, 0.29) is 75.0 Å². The van der Waals surface area contributed by atoms with Gasteiger partial charge in [0.15, 0.2) is 0 Å². The molecule has 0 saturated carbocycles. The average molecular weight is 593 g/mol. The molecule has 0 amide bonds. The van der Waals surface area contributed by atoms with Crippen LogP contribution in [0.3, 0.4) is 0 Å². The van der Waals surface area contributed by atoms with Crippen LogP contribution in [0.1, 0.15) is 43.7 Å². The zero-order chi connectivity index (χ0) is 19.6. The first kappa shape index (κ1) is 42.7. The van der Waals surface area contributed by atoms with Crippen molar-refractivity contribution in [2.45, 2.75) is 39.5 Å². The number of hydrogen-bond donors (Lipinski definition) is 0. The van der Waals surface area contributed by atoms with Crippen LogP contribution < -0.4 is 24.8 Å². The molecule has 0 aliphatic heterocycles. The second-order valence-corrected chi connectivity index (χ2v) is 13.3. The summed E-state index contributed by atoms with van der Waals surface area (Å²) in [6.07, 6.45) is 2.55. The van der Waals surface area contributed by atoms with Gasteiger partial charge in [-0.25, -0.2) is 0 Å². The second kappa shape index (κ2) is 23.3. The van der Waals surface area contributed by atoms with Crippen LogP contribution in [0.4, 0.5) is 0 Å². The summed E-state index contributed by atoms with van der Waals surface area (Å²) in [5.41, 5.74) is 2.89. The molecular weight excluding hydrogens is 555 g/mol. The van der Waals surface area contributed by atoms with Gasteiger partial charge in [-0.15, -0.1) is 76.1 Å². The number of halogens is 2. The van der Waals surface area contributed by atoms with E-state index in [0.29, 0.717) is 5.92 Å². The van der Waals surface area contributed by atoms with E-state index in [0.717, 1.165) is 0 Å². The third-order valence-electron chi connectivity index (χ3n) is 4.87. The van der Waals surface area contributed by atoms with Gasteiger partial charge in [0.25, 0.3) is 0 Å². The van der Waals surface area contributed by atoms with Crippen LogP contribution in [0.2, 0.25) is 0 Å². The van der Waals surface area contributed by atoms with Crippen molar-refractivity contribution in [3.05, 3.63) is 114 Å². The summed E-state index contributed by atoms with van der Waals surface area (Å²) in [6.45, 7) is 13.3. The molecule has 0 aromatic heterocycles. The van der Waals surface area contributed by atoms with Crippen LogP contribution in [-0.4, -0.2) is 13.8 Å². The van der Waals surface area contributed by atoms with Gasteiger partial charge >= 0.3 is 34.2 Å². The Morgan fingerprint density at radius 3 is 1.70 bits per heavy atom. The summed E-state index contributed by atoms with van der Waals surface area (Å²) >= 11 is -0.159. The molecule has 0 N–H and O–H groups in total. The summed E-state index contributed by atoms with van der Waals surface area (Å²) in [7, 11) is 0. The molecule has 33 heavy (non-hydrogen) atoms. The zero-order valence-electron chi connectivity index (χ0n) is 21.2. The molecule has 4 aromatic rings. The number of hydrogen-bond acceptors (Lipinski definition) is 0. The van der Waals surface area contributed by atoms with Gasteiger partial charge in [-0.3, -0.25) is 0 Å². The third kappa shape index (κ3) is 12.7. The molecule has 0 spiro atoms. The molecular formula is C28H38Cl2Si2Zr-8. The van der Waals surface area contributed by atoms with Gasteiger partial charge < -0.3 is 54.5 Å². The van der Waals surface area contributed by atoms with E-state index < -0.39 is 0 Å². The molecule has 0 aliphatic rings. The van der Waals surface area contributed by atoms with E-state index >= 15 is 0 Å². The van der Waals surface area contributed by atoms with Gasteiger partial charge in [0.2, 0.25) is 0 Å². The van der Waals surface area contributed by atoms with Crippen LogP contribution in [0.5, 0.6) is 0 Å². The summed E-state index contributed by atoms with van der Waals surface area (Å²) < 4.78 is 0. The predicted octanol–water partition coefficient (Wildman–Crippen LogP) is 2.37. The van der Waals surface area contributed by atoms with Gasteiger partial charge in [0.1, 0.15) is 0 Å². The molecule has 0 bridgehead atoms. The summed E-state index contributed by atoms with van der Waals surface area (Å²) in [5.74, 6) is 0.694. The van der Waals surface area contributed by atoms with Crippen molar-refractivity contribution in [2.75, 3.05) is 0 Å². The van der Waals surface area contributed by atoms with Gasteiger partial charge in [-0.2, -0.15) is 17.2 Å². The molecule has 184 valence electrons. The molecule has 1 atom stereocenters. The third-order valence-corrected chi connectivity index (χ3v) is 4.87. The van der Waals surface area contributed by atoms with Crippen LogP contribution in [-0.2, 0) is 20.5 Å². The summed E-state index contributed by atoms with van der Waals surface area (Å²) in [5, 5.41) is 5.54. The van der Waals surface area contributed by atoms with E-state index in [4.69, 9.17) is 0 Å². The van der Waals surface area contributed by atoms with Gasteiger partial charge in [0, 0.05) is 0 Å². The van der Waals surface area contributed by atoms with Crippen molar-refractivity contribution < 1.29 is 45.3 Å². The number of aryl methyl sites for hydroxylation is 1. The Bertz CT molecular complexity index is 1010. The molecule has 0 saturated heterocycles. The SMILES string of the molecule is CCCC(C)c1c[cH-]c2ccccc12.Cc1c[cH-]c2ccccc12.[CH3-].[CH3-].[CH3-].[CH3-].[Cl-].[Cl-].[Si]=[Zr]=[Si]. The first-order valence-electron chi connectivity index (χ1n) is 9.46. The van der Waals surface area contributed by atoms with Gasteiger partial charge in [0.05, 0.1) is 0 Å². The molecule has 4 radical (unpaired) electrons. The predicted molar refractivity (Wildman–Crippen MR) is 144 cm³/mol. The van der Waals surface area contributed by atoms with E-state index in [9.17, 15) is 0 Å². The quantitative estimate of drug-likeness (QED) is 0.253.